The third-order valence-corrected chi connectivity index (χ3v) is 2.81. The molecule has 0 radical (unpaired) electrons. The van der Waals surface area contributed by atoms with Crippen molar-refractivity contribution in [3.05, 3.63) is 33.9 Å². The molecule has 0 atom stereocenters. The van der Waals surface area contributed by atoms with E-state index in [1.807, 2.05) is 20.8 Å². The average Bonchev–Trinajstić information content (AvgIpc) is 2.38. The van der Waals surface area contributed by atoms with Gasteiger partial charge < -0.3 is 10.6 Å². The van der Waals surface area contributed by atoms with Crippen molar-refractivity contribution in [1.29, 1.82) is 0 Å². The second-order valence-corrected chi connectivity index (χ2v) is 5.13. The summed E-state index contributed by atoms with van der Waals surface area (Å²) < 4.78 is 0. The molecule has 0 aliphatic carbocycles. The van der Waals surface area contributed by atoms with Crippen LogP contribution in [0, 0.1) is 23.0 Å². The quantitative estimate of drug-likeness (QED) is 0.593. The van der Waals surface area contributed by atoms with Crippen molar-refractivity contribution >= 4 is 17.3 Å². The molecule has 1 aromatic carbocycles. The molecule has 0 fully saturated rings. The van der Waals surface area contributed by atoms with Crippen LogP contribution in [0.25, 0.3) is 0 Å². The molecule has 2 N–H and O–H groups in total. The molecule has 0 aliphatic rings. The Morgan fingerprint density at radius 2 is 2.10 bits per heavy atom. The molecule has 0 saturated heterocycles. The average molecular weight is 279 g/mol. The first-order chi connectivity index (χ1) is 9.40. The Bertz CT molecular complexity index is 487. The van der Waals surface area contributed by atoms with Crippen LogP contribution in [-0.4, -0.2) is 23.9 Å². The lowest BCUT2D eigenvalue weighted by Gasteiger charge is -2.10. The summed E-state index contributed by atoms with van der Waals surface area (Å²) in [5, 5.41) is 16.6. The number of nitro groups is 1. The standard InChI is InChI=1S/C14H21N3O3/c1-10(2)9-16-14(18)6-7-15-13-8-12(17(19)20)5-4-11(13)3/h4-5,8,10,15H,6-7,9H2,1-3H3,(H,16,18). The van der Waals surface area contributed by atoms with Gasteiger partial charge in [-0.3, -0.25) is 14.9 Å². The molecule has 20 heavy (non-hydrogen) atoms. The van der Waals surface area contributed by atoms with E-state index in [1.54, 1.807) is 6.07 Å². The number of nitrogens with one attached hydrogen (secondary N) is 2. The Morgan fingerprint density at radius 1 is 1.40 bits per heavy atom. The van der Waals surface area contributed by atoms with E-state index in [-0.39, 0.29) is 11.6 Å². The first kappa shape index (κ1) is 15.9. The van der Waals surface area contributed by atoms with Crippen molar-refractivity contribution in [2.24, 2.45) is 5.92 Å². The smallest absolute Gasteiger partial charge is 0.271 e. The van der Waals surface area contributed by atoms with E-state index in [4.69, 9.17) is 0 Å². The predicted molar refractivity (Wildman–Crippen MR) is 78.8 cm³/mol. The fourth-order valence-corrected chi connectivity index (χ4v) is 1.63. The molecular formula is C14H21N3O3. The van der Waals surface area contributed by atoms with Crippen LogP contribution < -0.4 is 10.6 Å². The Labute approximate surface area is 118 Å². The maximum atomic E-state index is 11.5. The maximum Gasteiger partial charge on any atom is 0.271 e. The van der Waals surface area contributed by atoms with E-state index >= 15 is 0 Å². The lowest BCUT2D eigenvalue weighted by atomic mass is 10.2. The molecule has 1 aromatic rings. The Kier molecular flexibility index (Phi) is 5.96. The molecule has 1 amide bonds. The van der Waals surface area contributed by atoms with E-state index < -0.39 is 4.92 Å². The zero-order valence-electron chi connectivity index (χ0n) is 12.1. The summed E-state index contributed by atoms with van der Waals surface area (Å²) in [7, 11) is 0. The summed E-state index contributed by atoms with van der Waals surface area (Å²) in [4.78, 5) is 21.8. The number of non-ortho nitro benzene ring substituents is 1. The molecule has 110 valence electrons. The van der Waals surface area contributed by atoms with E-state index in [9.17, 15) is 14.9 Å². The van der Waals surface area contributed by atoms with Gasteiger partial charge in [0.1, 0.15) is 0 Å². The lowest BCUT2D eigenvalue weighted by molar-refractivity contribution is -0.384. The minimum Gasteiger partial charge on any atom is -0.384 e. The number of aryl methyl sites for hydroxylation is 1. The number of amides is 1. The van der Waals surface area contributed by atoms with Crippen LogP contribution >= 0.6 is 0 Å². The number of rotatable bonds is 7. The molecular weight excluding hydrogens is 258 g/mol. The van der Waals surface area contributed by atoms with Crippen LogP contribution in [0.2, 0.25) is 0 Å². The zero-order chi connectivity index (χ0) is 15.1. The van der Waals surface area contributed by atoms with Crippen LogP contribution in [0.4, 0.5) is 11.4 Å². The van der Waals surface area contributed by atoms with Gasteiger partial charge in [0.25, 0.3) is 5.69 Å². The largest absolute Gasteiger partial charge is 0.384 e. The number of hydrogen-bond donors (Lipinski definition) is 2. The monoisotopic (exact) mass is 279 g/mol. The fourth-order valence-electron chi connectivity index (χ4n) is 1.63. The lowest BCUT2D eigenvalue weighted by Crippen LogP contribution is -2.28. The van der Waals surface area contributed by atoms with E-state index in [1.165, 1.54) is 12.1 Å². The van der Waals surface area contributed by atoms with Gasteiger partial charge in [-0.05, 0) is 18.4 Å². The minimum atomic E-state index is -0.431. The van der Waals surface area contributed by atoms with Gasteiger partial charge in [0.2, 0.25) is 5.91 Å². The fraction of sp³-hybridized carbons (Fsp3) is 0.500. The number of carbonyl (C=O) groups is 1. The van der Waals surface area contributed by atoms with Crippen molar-refractivity contribution in [3.8, 4) is 0 Å². The van der Waals surface area contributed by atoms with Gasteiger partial charge in [-0.15, -0.1) is 0 Å². The molecule has 0 heterocycles. The number of nitro benzene ring substituents is 1. The topological polar surface area (TPSA) is 84.3 Å². The Hall–Kier alpha value is -2.11. The minimum absolute atomic E-state index is 0.0192. The summed E-state index contributed by atoms with van der Waals surface area (Å²) in [6, 6.07) is 4.65. The summed E-state index contributed by atoms with van der Waals surface area (Å²) in [5.74, 6) is 0.403. The normalized spacial score (nSPS) is 10.4. The number of carbonyl (C=O) groups excluding carboxylic acids is 1. The van der Waals surface area contributed by atoms with Crippen LogP contribution in [-0.2, 0) is 4.79 Å². The van der Waals surface area contributed by atoms with Crippen molar-refractivity contribution in [3.63, 3.8) is 0 Å². The summed E-state index contributed by atoms with van der Waals surface area (Å²) in [5.41, 5.74) is 1.65. The third-order valence-electron chi connectivity index (χ3n) is 2.81. The number of benzene rings is 1. The number of hydrogen-bond acceptors (Lipinski definition) is 4. The van der Waals surface area contributed by atoms with Crippen molar-refractivity contribution in [2.45, 2.75) is 27.2 Å². The van der Waals surface area contributed by atoms with Crippen molar-refractivity contribution < 1.29 is 9.72 Å². The van der Waals surface area contributed by atoms with E-state index in [0.29, 0.717) is 31.1 Å². The van der Waals surface area contributed by atoms with Crippen LogP contribution in [0.3, 0.4) is 0 Å². The van der Waals surface area contributed by atoms with Crippen molar-refractivity contribution in [2.75, 3.05) is 18.4 Å². The van der Waals surface area contributed by atoms with Gasteiger partial charge >= 0.3 is 0 Å². The van der Waals surface area contributed by atoms with Gasteiger partial charge in [0, 0.05) is 37.3 Å². The predicted octanol–water partition coefficient (Wildman–Crippen LogP) is 2.48. The second kappa shape index (κ2) is 7.47. The third kappa shape index (κ3) is 5.26. The first-order valence-electron chi connectivity index (χ1n) is 6.65. The molecule has 1 rings (SSSR count). The second-order valence-electron chi connectivity index (χ2n) is 5.13. The Balaban J connectivity index is 2.47. The van der Waals surface area contributed by atoms with E-state index in [2.05, 4.69) is 10.6 Å². The molecule has 0 spiro atoms. The summed E-state index contributed by atoms with van der Waals surface area (Å²) >= 11 is 0. The first-order valence-corrected chi connectivity index (χ1v) is 6.65. The maximum absolute atomic E-state index is 11.5. The molecule has 0 aromatic heterocycles. The molecule has 0 bridgehead atoms. The number of nitrogens with zero attached hydrogens (tertiary/aromatic N) is 1. The summed E-state index contributed by atoms with van der Waals surface area (Å²) in [6.07, 6.45) is 0.342. The highest BCUT2D eigenvalue weighted by atomic mass is 16.6. The van der Waals surface area contributed by atoms with Gasteiger partial charge in [0.05, 0.1) is 4.92 Å². The molecule has 0 saturated carbocycles. The van der Waals surface area contributed by atoms with Crippen LogP contribution in [0.15, 0.2) is 18.2 Å². The molecule has 6 heteroatoms. The van der Waals surface area contributed by atoms with Gasteiger partial charge in [-0.1, -0.05) is 19.9 Å². The van der Waals surface area contributed by atoms with Crippen LogP contribution in [0.5, 0.6) is 0 Å². The zero-order valence-corrected chi connectivity index (χ0v) is 12.1. The highest BCUT2D eigenvalue weighted by Gasteiger charge is 2.09. The van der Waals surface area contributed by atoms with Gasteiger partial charge in [-0.2, -0.15) is 0 Å². The number of anilines is 1. The Morgan fingerprint density at radius 3 is 2.70 bits per heavy atom. The van der Waals surface area contributed by atoms with E-state index in [0.717, 1.165) is 5.56 Å². The molecule has 0 aliphatic heterocycles. The molecule has 0 unspecified atom stereocenters. The van der Waals surface area contributed by atoms with Gasteiger partial charge in [-0.25, -0.2) is 0 Å². The SMILES string of the molecule is Cc1ccc([N+](=O)[O-])cc1NCCC(=O)NCC(C)C. The molecule has 6 nitrogen and oxygen atoms in total. The highest BCUT2D eigenvalue weighted by Crippen LogP contribution is 2.21. The van der Waals surface area contributed by atoms with Gasteiger partial charge in [0.15, 0.2) is 0 Å². The van der Waals surface area contributed by atoms with Crippen molar-refractivity contribution in [1.82, 2.24) is 5.32 Å². The highest BCUT2D eigenvalue weighted by molar-refractivity contribution is 5.76. The van der Waals surface area contributed by atoms with Crippen LogP contribution in [0.1, 0.15) is 25.8 Å². The summed E-state index contributed by atoms with van der Waals surface area (Å²) in [6.45, 7) is 7.04.